The molecule has 0 saturated carbocycles. The van der Waals surface area contributed by atoms with Crippen LogP contribution in [-0.2, 0) is 9.63 Å². The van der Waals surface area contributed by atoms with Gasteiger partial charge in [-0.05, 0) is 30.3 Å². The van der Waals surface area contributed by atoms with Crippen LogP contribution in [0.25, 0.3) is 0 Å². The zero-order valence-electron chi connectivity index (χ0n) is 18.0. The number of anilines is 1. The van der Waals surface area contributed by atoms with Crippen LogP contribution in [0.5, 0.6) is 17.2 Å². The fraction of sp³-hybridized carbons (Fsp3) is 0.391. The molecule has 2 aliphatic rings. The number of hydrogen-bond donors (Lipinski definition) is 0. The van der Waals surface area contributed by atoms with Gasteiger partial charge in [0.25, 0.3) is 5.91 Å². The maximum absolute atomic E-state index is 13.0. The van der Waals surface area contributed by atoms with Crippen LogP contribution in [0.4, 0.5) is 5.69 Å². The predicted molar refractivity (Wildman–Crippen MR) is 117 cm³/mol. The molecule has 164 valence electrons. The Morgan fingerprint density at radius 3 is 2.42 bits per heavy atom. The molecule has 1 fully saturated rings. The molecule has 8 nitrogen and oxygen atoms in total. The number of carbonyl (C=O) groups is 1. The molecule has 4 rings (SSSR count). The summed E-state index contributed by atoms with van der Waals surface area (Å²) >= 11 is 0. The van der Waals surface area contributed by atoms with Gasteiger partial charge < -0.3 is 28.8 Å². The molecule has 2 heterocycles. The van der Waals surface area contributed by atoms with Gasteiger partial charge in [-0.15, -0.1) is 0 Å². The van der Waals surface area contributed by atoms with Crippen LogP contribution in [0.1, 0.15) is 12.0 Å². The van der Waals surface area contributed by atoms with Gasteiger partial charge in [0.05, 0.1) is 32.7 Å². The number of carbonyl (C=O) groups excluding carboxylic acids is 1. The summed E-state index contributed by atoms with van der Waals surface area (Å²) in [4.78, 5) is 22.7. The molecule has 0 spiro atoms. The number of amides is 1. The van der Waals surface area contributed by atoms with E-state index >= 15 is 0 Å². The summed E-state index contributed by atoms with van der Waals surface area (Å²) in [5.74, 6) is 2.16. The number of para-hydroxylation sites is 2. The molecule has 1 saturated heterocycles. The van der Waals surface area contributed by atoms with E-state index < -0.39 is 6.10 Å². The second kappa shape index (κ2) is 9.16. The van der Waals surface area contributed by atoms with E-state index in [2.05, 4.69) is 10.1 Å². The van der Waals surface area contributed by atoms with Crippen LogP contribution in [-0.4, -0.2) is 70.1 Å². The molecule has 0 N–H and O–H groups in total. The van der Waals surface area contributed by atoms with E-state index in [0.29, 0.717) is 36.7 Å². The molecule has 2 aromatic carbocycles. The molecule has 2 aromatic rings. The summed E-state index contributed by atoms with van der Waals surface area (Å²) < 4.78 is 16.2. The molecule has 0 radical (unpaired) electrons. The number of ether oxygens (including phenoxy) is 3. The van der Waals surface area contributed by atoms with Crippen molar-refractivity contribution in [1.82, 2.24) is 4.90 Å². The van der Waals surface area contributed by atoms with E-state index in [-0.39, 0.29) is 5.91 Å². The lowest BCUT2D eigenvalue weighted by atomic mass is 10.0. The Kier molecular flexibility index (Phi) is 6.16. The molecule has 2 aliphatic heterocycles. The van der Waals surface area contributed by atoms with Crippen LogP contribution < -0.4 is 19.1 Å². The highest BCUT2D eigenvalue weighted by Gasteiger charge is 2.35. The summed E-state index contributed by atoms with van der Waals surface area (Å²) in [6, 6.07) is 13.4. The monoisotopic (exact) mass is 425 g/mol. The highest BCUT2D eigenvalue weighted by molar-refractivity contribution is 6.06. The van der Waals surface area contributed by atoms with Gasteiger partial charge in [0.1, 0.15) is 17.2 Å². The Morgan fingerprint density at radius 1 is 0.968 bits per heavy atom. The molecule has 1 amide bonds. The second-order valence-electron chi connectivity index (χ2n) is 7.39. The fourth-order valence-corrected chi connectivity index (χ4v) is 3.97. The summed E-state index contributed by atoms with van der Waals surface area (Å²) in [6.45, 7) is 2.70. The Labute approximate surface area is 181 Å². The predicted octanol–water partition coefficient (Wildman–Crippen LogP) is 2.55. The standard InChI is InChI=1S/C23H27N3O5/c1-28-16-8-9-20(29-2)17(14-16)18-15-22(31-24-18)23(27)26-12-10-25(11-13-26)19-6-4-5-7-21(19)30-3/h4-9,14,22H,10-13,15H2,1-3H3/t22-/m1/s1. The quantitative estimate of drug-likeness (QED) is 0.708. The summed E-state index contributed by atoms with van der Waals surface area (Å²) in [5.41, 5.74) is 2.50. The van der Waals surface area contributed by atoms with Crippen molar-refractivity contribution in [2.45, 2.75) is 12.5 Å². The molecule has 1 atom stereocenters. The zero-order chi connectivity index (χ0) is 21.8. The van der Waals surface area contributed by atoms with Crippen molar-refractivity contribution in [1.29, 1.82) is 0 Å². The highest BCUT2D eigenvalue weighted by atomic mass is 16.6. The van der Waals surface area contributed by atoms with Crippen molar-refractivity contribution in [3.63, 3.8) is 0 Å². The number of oxime groups is 1. The van der Waals surface area contributed by atoms with Gasteiger partial charge in [0.15, 0.2) is 0 Å². The molecule has 0 aromatic heterocycles. The third-order valence-electron chi connectivity index (χ3n) is 5.68. The number of piperazine rings is 1. The van der Waals surface area contributed by atoms with Crippen LogP contribution in [0, 0.1) is 0 Å². The third-order valence-corrected chi connectivity index (χ3v) is 5.68. The first-order valence-electron chi connectivity index (χ1n) is 10.3. The van der Waals surface area contributed by atoms with E-state index in [4.69, 9.17) is 19.0 Å². The lowest BCUT2D eigenvalue weighted by molar-refractivity contribution is -0.142. The van der Waals surface area contributed by atoms with E-state index in [0.717, 1.165) is 30.1 Å². The minimum Gasteiger partial charge on any atom is -0.497 e. The molecular formula is C23H27N3O5. The van der Waals surface area contributed by atoms with Crippen molar-refractivity contribution in [3.05, 3.63) is 48.0 Å². The maximum Gasteiger partial charge on any atom is 0.267 e. The van der Waals surface area contributed by atoms with Crippen molar-refractivity contribution in [2.24, 2.45) is 5.16 Å². The Balaban J connectivity index is 1.38. The van der Waals surface area contributed by atoms with Crippen LogP contribution >= 0.6 is 0 Å². The summed E-state index contributed by atoms with van der Waals surface area (Å²) in [5, 5.41) is 4.18. The van der Waals surface area contributed by atoms with Crippen LogP contribution in [0.15, 0.2) is 47.6 Å². The Morgan fingerprint density at radius 2 is 1.71 bits per heavy atom. The highest BCUT2D eigenvalue weighted by Crippen LogP contribution is 2.30. The molecule has 31 heavy (non-hydrogen) atoms. The van der Waals surface area contributed by atoms with Crippen LogP contribution in [0.2, 0.25) is 0 Å². The molecular weight excluding hydrogens is 398 g/mol. The molecule has 0 aliphatic carbocycles. The van der Waals surface area contributed by atoms with Gasteiger partial charge >= 0.3 is 0 Å². The van der Waals surface area contributed by atoms with Gasteiger partial charge in [-0.1, -0.05) is 17.3 Å². The minimum absolute atomic E-state index is 0.0414. The normalized spacial score (nSPS) is 18.3. The van der Waals surface area contributed by atoms with Gasteiger partial charge in [0, 0.05) is 38.2 Å². The average molecular weight is 425 g/mol. The van der Waals surface area contributed by atoms with E-state index in [1.807, 2.05) is 47.4 Å². The smallest absolute Gasteiger partial charge is 0.267 e. The number of methoxy groups -OCH3 is 3. The SMILES string of the molecule is COc1ccc(OC)c(C2=NO[C@@H](C(=O)N3CCN(c4ccccc4OC)CC3)C2)c1. The van der Waals surface area contributed by atoms with Crippen molar-refractivity contribution in [3.8, 4) is 17.2 Å². The van der Waals surface area contributed by atoms with E-state index in [9.17, 15) is 4.79 Å². The number of nitrogens with zero attached hydrogens (tertiary/aromatic N) is 3. The maximum atomic E-state index is 13.0. The first kappa shape index (κ1) is 20.8. The lowest BCUT2D eigenvalue weighted by Crippen LogP contribution is -2.51. The Bertz CT molecular complexity index is 969. The minimum atomic E-state index is -0.622. The van der Waals surface area contributed by atoms with E-state index in [1.54, 1.807) is 21.3 Å². The van der Waals surface area contributed by atoms with Crippen molar-refractivity contribution >= 4 is 17.3 Å². The van der Waals surface area contributed by atoms with Gasteiger partial charge in [-0.25, -0.2) is 0 Å². The summed E-state index contributed by atoms with van der Waals surface area (Å²) in [6.07, 6.45) is -0.224. The first-order chi connectivity index (χ1) is 15.1. The topological polar surface area (TPSA) is 72.8 Å². The first-order valence-corrected chi connectivity index (χ1v) is 10.3. The Hall–Kier alpha value is -3.42. The van der Waals surface area contributed by atoms with Crippen molar-refractivity contribution in [2.75, 3.05) is 52.4 Å². The summed E-state index contributed by atoms with van der Waals surface area (Å²) in [7, 11) is 4.88. The zero-order valence-corrected chi connectivity index (χ0v) is 18.0. The van der Waals surface area contributed by atoms with Gasteiger partial charge in [0.2, 0.25) is 6.10 Å². The average Bonchev–Trinajstić information content (AvgIpc) is 3.33. The number of hydrogen-bond acceptors (Lipinski definition) is 7. The lowest BCUT2D eigenvalue weighted by Gasteiger charge is -2.37. The van der Waals surface area contributed by atoms with Crippen LogP contribution in [0.3, 0.4) is 0 Å². The largest absolute Gasteiger partial charge is 0.497 e. The number of rotatable bonds is 6. The van der Waals surface area contributed by atoms with E-state index in [1.165, 1.54) is 0 Å². The second-order valence-corrected chi connectivity index (χ2v) is 7.39. The fourth-order valence-electron chi connectivity index (χ4n) is 3.97. The molecule has 8 heteroatoms. The third kappa shape index (κ3) is 4.23. The molecule has 0 unspecified atom stereocenters. The van der Waals surface area contributed by atoms with Crippen molar-refractivity contribution < 1.29 is 23.8 Å². The van der Waals surface area contributed by atoms with Gasteiger partial charge in [-0.3, -0.25) is 4.79 Å². The number of benzene rings is 2. The molecule has 0 bridgehead atoms. The van der Waals surface area contributed by atoms with Gasteiger partial charge in [-0.2, -0.15) is 0 Å².